The Hall–Kier alpha value is -1.69. The van der Waals surface area contributed by atoms with Crippen molar-refractivity contribution in [1.82, 2.24) is 19.8 Å². The molecule has 0 amide bonds. The second-order valence-corrected chi connectivity index (χ2v) is 5.25. The van der Waals surface area contributed by atoms with Gasteiger partial charge in [-0.05, 0) is 25.0 Å². The van der Waals surface area contributed by atoms with Gasteiger partial charge in [-0.3, -0.25) is 0 Å². The summed E-state index contributed by atoms with van der Waals surface area (Å²) in [7, 11) is 0. The molecule has 0 N–H and O–H groups in total. The van der Waals surface area contributed by atoms with Crippen LogP contribution in [-0.4, -0.2) is 46.1 Å². The quantitative estimate of drug-likeness (QED) is 0.812. The monoisotopic (exact) mass is 259 g/mol. The molecule has 0 spiro atoms. The van der Waals surface area contributed by atoms with Crippen LogP contribution in [0, 0.1) is 0 Å². The lowest BCUT2D eigenvalue weighted by Gasteiger charge is -2.28. The molecule has 4 rings (SSSR count). The summed E-state index contributed by atoms with van der Waals surface area (Å²) in [6.07, 6.45) is 3.72. The minimum atomic E-state index is 0.544. The van der Waals surface area contributed by atoms with Crippen LogP contribution >= 0.6 is 0 Å². The van der Waals surface area contributed by atoms with Crippen LogP contribution in [0.2, 0.25) is 0 Å². The molecule has 1 saturated heterocycles. The van der Waals surface area contributed by atoms with Gasteiger partial charge in [0, 0.05) is 19.0 Å². The average molecular weight is 259 g/mol. The Bertz CT molecular complexity index is 586. The average Bonchev–Trinajstić information content (AvgIpc) is 2.81. The van der Waals surface area contributed by atoms with E-state index in [-0.39, 0.29) is 0 Å². The van der Waals surface area contributed by atoms with Gasteiger partial charge in [-0.25, -0.2) is 0 Å². The molecule has 0 aromatic carbocycles. The van der Waals surface area contributed by atoms with Crippen LogP contribution in [0.5, 0.6) is 0 Å². The predicted molar refractivity (Wildman–Crippen MR) is 70.4 cm³/mol. The Kier molecular flexibility index (Phi) is 2.61. The molecule has 2 aromatic heterocycles. The number of anilines is 1. The van der Waals surface area contributed by atoms with Crippen LogP contribution in [-0.2, 0) is 4.74 Å². The van der Waals surface area contributed by atoms with Gasteiger partial charge in [0.1, 0.15) is 5.82 Å². The van der Waals surface area contributed by atoms with Crippen molar-refractivity contribution < 1.29 is 4.74 Å². The van der Waals surface area contributed by atoms with E-state index >= 15 is 0 Å². The largest absolute Gasteiger partial charge is 0.378 e. The van der Waals surface area contributed by atoms with Crippen LogP contribution in [0.4, 0.5) is 5.82 Å². The van der Waals surface area contributed by atoms with Crippen molar-refractivity contribution in [3.63, 3.8) is 0 Å². The van der Waals surface area contributed by atoms with E-state index in [1.807, 2.05) is 16.6 Å². The third-order valence-electron chi connectivity index (χ3n) is 4.08. The van der Waals surface area contributed by atoms with Gasteiger partial charge in [0.2, 0.25) is 0 Å². The van der Waals surface area contributed by atoms with E-state index in [2.05, 4.69) is 15.1 Å². The van der Waals surface area contributed by atoms with Crippen molar-refractivity contribution in [3.05, 3.63) is 18.0 Å². The van der Waals surface area contributed by atoms with Gasteiger partial charge in [0.25, 0.3) is 0 Å². The fraction of sp³-hybridized carbons (Fsp3) is 0.615. The summed E-state index contributed by atoms with van der Waals surface area (Å²) >= 11 is 0. The number of nitrogens with zero attached hydrogens (tertiary/aromatic N) is 5. The molecule has 0 atom stereocenters. The third-order valence-corrected chi connectivity index (χ3v) is 4.08. The number of ether oxygens (including phenoxy) is 1. The topological polar surface area (TPSA) is 55.5 Å². The zero-order chi connectivity index (χ0) is 12.7. The highest BCUT2D eigenvalue weighted by atomic mass is 16.5. The summed E-state index contributed by atoms with van der Waals surface area (Å²) in [5, 5.41) is 13.2. The first-order valence-electron chi connectivity index (χ1n) is 6.97. The minimum absolute atomic E-state index is 0.544. The van der Waals surface area contributed by atoms with E-state index < -0.39 is 0 Å². The van der Waals surface area contributed by atoms with Crippen LogP contribution in [0.25, 0.3) is 5.65 Å². The van der Waals surface area contributed by atoms with E-state index in [0.29, 0.717) is 5.92 Å². The molecule has 1 aliphatic heterocycles. The highest BCUT2D eigenvalue weighted by Crippen LogP contribution is 2.35. The van der Waals surface area contributed by atoms with Crippen molar-refractivity contribution in [2.24, 2.45) is 0 Å². The summed E-state index contributed by atoms with van der Waals surface area (Å²) in [6.45, 7) is 3.35. The van der Waals surface area contributed by atoms with Gasteiger partial charge >= 0.3 is 0 Å². The summed E-state index contributed by atoms with van der Waals surface area (Å²) < 4.78 is 7.31. The first-order chi connectivity index (χ1) is 9.42. The standard InChI is InChI=1S/C13H17N5O/c1-2-10(3-1)13-15-14-11-4-5-12(16-18(11)13)17-6-8-19-9-7-17/h4-5,10H,1-3,6-9H2. The highest BCUT2D eigenvalue weighted by Gasteiger charge is 2.25. The second kappa shape index (κ2) is 4.45. The molecule has 2 fully saturated rings. The van der Waals surface area contributed by atoms with Crippen LogP contribution in [0.3, 0.4) is 0 Å². The normalized spacial score (nSPS) is 20.7. The lowest BCUT2D eigenvalue weighted by Crippen LogP contribution is -2.37. The summed E-state index contributed by atoms with van der Waals surface area (Å²) in [4.78, 5) is 2.26. The molecular formula is C13H17N5O. The molecule has 19 heavy (non-hydrogen) atoms. The smallest absolute Gasteiger partial charge is 0.178 e. The fourth-order valence-electron chi connectivity index (χ4n) is 2.68. The number of aromatic nitrogens is 4. The summed E-state index contributed by atoms with van der Waals surface area (Å²) in [6, 6.07) is 4.03. The van der Waals surface area contributed by atoms with Crippen molar-refractivity contribution in [2.45, 2.75) is 25.2 Å². The minimum Gasteiger partial charge on any atom is -0.378 e. The molecule has 1 aliphatic carbocycles. The number of hydrogen-bond donors (Lipinski definition) is 0. The maximum atomic E-state index is 5.38. The molecule has 0 unspecified atom stereocenters. The molecular weight excluding hydrogens is 242 g/mol. The van der Waals surface area contributed by atoms with Crippen molar-refractivity contribution >= 4 is 11.5 Å². The Morgan fingerprint density at radius 3 is 2.68 bits per heavy atom. The molecule has 100 valence electrons. The number of morpholine rings is 1. The van der Waals surface area contributed by atoms with Gasteiger partial charge in [0.15, 0.2) is 11.5 Å². The summed E-state index contributed by atoms with van der Waals surface area (Å²) in [5.41, 5.74) is 0.846. The maximum Gasteiger partial charge on any atom is 0.178 e. The first kappa shape index (κ1) is 11.2. The zero-order valence-corrected chi connectivity index (χ0v) is 10.8. The lowest BCUT2D eigenvalue weighted by atomic mass is 9.85. The van der Waals surface area contributed by atoms with Gasteiger partial charge < -0.3 is 9.64 Å². The van der Waals surface area contributed by atoms with Gasteiger partial charge in [-0.1, -0.05) is 6.42 Å². The fourth-order valence-corrected chi connectivity index (χ4v) is 2.68. The Balaban J connectivity index is 1.72. The van der Waals surface area contributed by atoms with Crippen molar-refractivity contribution in [2.75, 3.05) is 31.2 Å². The number of rotatable bonds is 2. The van der Waals surface area contributed by atoms with E-state index in [0.717, 1.165) is 43.6 Å². The van der Waals surface area contributed by atoms with E-state index in [4.69, 9.17) is 9.84 Å². The molecule has 0 radical (unpaired) electrons. The SMILES string of the molecule is c1cc2nnc(C3CCC3)n2nc1N1CCOCC1. The van der Waals surface area contributed by atoms with Crippen LogP contribution < -0.4 is 4.90 Å². The number of hydrogen-bond acceptors (Lipinski definition) is 5. The Morgan fingerprint density at radius 1 is 1.11 bits per heavy atom. The molecule has 1 saturated carbocycles. The number of fused-ring (bicyclic) bond motifs is 1. The molecule has 6 heteroatoms. The highest BCUT2D eigenvalue weighted by molar-refractivity contribution is 5.46. The van der Waals surface area contributed by atoms with Gasteiger partial charge in [0.05, 0.1) is 13.2 Å². The van der Waals surface area contributed by atoms with Gasteiger partial charge in [-0.15, -0.1) is 15.3 Å². The Morgan fingerprint density at radius 2 is 1.95 bits per heavy atom. The van der Waals surface area contributed by atoms with Crippen molar-refractivity contribution in [3.8, 4) is 0 Å². The summed E-state index contributed by atoms with van der Waals surface area (Å²) in [5.74, 6) is 2.56. The molecule has 2 aromatic rings. The van der Waals surface area contributed by atoms with E-state index in [1.54, 1.807) is 0 Å². The van der Waals surface area contributed by atoms with Crippen molar-refractivity contribution in [1.29, 1.82) is 0 Å². The Labute approximate surface area is 111 Å². The molecule has 3 heterocycles. The lowest BCUT2D eigenvalue weighted by molar-refractivity contribution is 0.122. The van der Waals surface area contributed by atoms with Gasteiger partial charge in [-0.2, -0.15) is 4.52 Å². The van der Waals surface area contributed by atoms with Crippen LogP contribution in [0.15, 0.2) is 12.1 Å². The van der Waals surface area contributed by atoms with E-state index in [1.165, 1.54) is 19.3 Å². The van der Waals surface area contributed by atoms with E-state index in [9.17, 15) is 0 Å². The van der Waals surface area contributed by atoms with Crippen LogP contribution in [0.1, 0.15) is 31.0 Å². The molecule has 6 nitrogen and oxygen atoms in total. The first-order valence-corrected chi connectivity index (χ1v) is 6.97. The third kappa shape index (κ3) is 1.87. The second-order valence-electron chi connectivity index (χ2n) is 5.25. The predicted octanol–water partition coefficient (Wildman–Crippen LogP) is 1.23. The zero-order valence-electron chi connectivity index (χ0n) is 10.8. The maximum absolute atomic E-state index is 5.38. The molecule has 0 bridgehead atoms. The molecule has 2 aliphatic rings.